The van der Waals surface area contributed by atoms with Crippen LogP contribution in [0.4, 0.5) is 0 Å². The number of amides is 1. The van der Waals surface area contributed by atoms with Gasteiger partial charge in [0.15, 0.2) is 0 Å². The third-order valence-electron chi connectivity index (χ3n) is 2.31. The summed E-state index contributed by atoms with van der Waals surface area (Å²) >= 11 is 0. The van der Waals surface area contributed by atoms with E-state index in [0.29, 0.717) is 12.5 Å². The van der Waals surface area contributed by atoms with Crippen LogP contribution in [-0.2, 0) is 9.59 Å². The van der Waals surface area contributed by atoms with E-state index in [0.717, 1.165) is 12.8 Å². The molecule has 0 atom stereocenters. The molecule has 0 unspecified atom stereocenters. The number of likely N-dealkylation sites (N-methyl/N-ethyl adjacent to an activating group) is 1. The lowest BCUT2D eigenvalue weighted by Crippen LogP contribution is -2.41. The van der Waals surface area contributed by atoms with Crippen LogP contribution < -0.4 is 0 Å². The smallest absolute Gasteiger partial charge is 0.323 e. The predicted molar refractivity (Wildman–Crippen MR) is 55.5 cm³/mol. The first-order chi connectivity index (χ1) is 6.99. The van der Waals surface area contributed by atoms with Crippen molar-refractivity contribution in [1.29, 1.82) is 0 Å². The Hall–Kier alpha value is -1.10. The molecule has 0 bridgehead atoms. The number of rotatable bonds is 6. The Balaban J connectivity index is 2.45. The van der Waals surface area contributed by atoms with Crippen molar-refractivity contribution in [3.05, 3.63) is 0 Å². The molecule has 0 aromatic heterocycles. The first kappa shape index (κ1) is 12.0. The Morgan fingerprint density at radius 3 is 2.27 bits per heavy atom. The highest BCUT2D eigenvalue weighted by Crippen LogP contribution is 2.29. The average Bonchev–Trinajstić information content (AvgIpc) is 2.84. The van der Waals surface area contributed by atoms with Crippen LogP contribution in [0.2, 0.25) is 0 Å². The second-order valence-corrected chi connectivity index (χ2v) is 4.35. The van der Waals surface area contributed by atoms with Gasteiger partial charge >= 0.3 is 5.97 Å². The quantitative estimate of drug-likeness (QED) is 0.669. The summed E-state index contributed by atoms with van der Waals surface area (Å²) in [4.78, 5) is 25.5. The predicted octanol–water partition coefficient (Wildman–Crippen LogP) is -0.129. The molecule has 1 N–H and O–H groups in total. The molecule has 5 nitrogen and oxygen atoms in total. The fourth-order valence-corrected chi connectivity index (χ4v) is 1.40. The normalized spacial score (nSPS) is 15.4. The van der Waals surface area contributed by atoms with Crippen molar-refractivity contribution >= 4 is 11.9 Å². The Kier molecular flexibility index (Phi) is 4.08. The molecule has 0 spiro atoms. The lowest BCUT2D eigenvalue weighted by atomic mass is 10.3. The first-order valence-electron chi connectivity index (χ1n) is 5.13. The molecule has 1 rings (SSSR count). The average molecular weight is 214 g/mol. The Morgan fingerprint density at radius 2 is 1.87 bits per heavy atom. The van der Waals surface area contributed by atoms with Crippen molar-refractivity contribution in [3.8, 4) is 0 Å². The number of carbonyl (C=O) groups excluding carboxylic acids is 1. The van der Waals surface area contributed by atoms with Gasteiger partial charge in [-0.2, -0.15) is 0 Å². The van der Waals surface area contributed by atoms with E-state index < -0.39 is 5.97 Å². The van der Waals surface area contributed by atoms with Crippen molar-refractivity contribution in [2.24, 2.45) is 5.92 Å². The van der Waals surface area contributed by atoms with Gasteiger partial charge < -0.3 is 14.9 Å². The van der Waals surface area contributed by atoms with E-state index in [4.69, 9.17) is 5.11 Å². The van der Waals surface area contributed by atoms with Gasteiger partial charge in [0.25, 0.3) is 0 Å². The summed E-state index contributed by atoms with van der Waals surface area (Å²) in [5, 5.41) is 8.69. The van der Waals surface area contributed by atoms with Crippen LogP contribution in [0.3, 0.4) is 0 Å². The monoisotopic (exact) mass is 214 g/mol. The van der Waals surface area contributed by atoms with Crippen molar-refractivity contribution in [1.82, 2.24) is 9.80 Å². The zero-order valence-electron chi connectivity index (χ0n) is 9.27. The van der Waals surface area contributed by atoms with Crippen LogP contribution in [0, 0.1) is 5.92 Å². The molecule has 1 amide bonds. The molecule has 0 saturated heterocycles. The van der Waals surface area contributed by atoms with Gasteiger partial charge in [-0.3, -0.25) is 9.59 Å². The van der Waals surface area contributed by atoms with Gasteiger partial charge in [-0.05, 0) is 32.9 Å². The van der Waals surface area contributed by atoms with Crippen molar-refractivity contribution in [2.75, 3.05) is 33.7 Å². The van der Waals surface area contributed by atoms with Gasteiger partial charge in [0.1, 0.15) is 6.54 Å². The number of hydrogen-bond acceptors (Lipinski definition) is 3. The minimum absolute atomic E-state index is 0.102. The molecule has 15 heavy (non-hydrogen) atoms. The molecule has 0 heterocycles. The summed E-state index contributed by atoms with van der Waals surface area (Å²) in [5.41, 5.74) is 0. The number of aliphatic carboxylic acids is 1. The third kappa shape index (κ3) is 4.78. The number of carboxylic acid groups (broad SMARTS) is 1. The minimum Gasteiger partial charge on any atom is -0.480 e. The first-order valence-corrected chi connectivity index (χ1v) is 5.13. The van der Waals surface area contributed by atoms with Gasteiger partial charge in [0.05, 0.1) is 6.54 Å². The molecule has 86 valence electrons. The summed E-state index contributed by atoms with van der Waals surface area (Å²) in [5.74, 6) is -0.521. The van der Waals surface area contributed by atoms with E-state index in [9.17, 15) is 9.59 Å². The number of nitrogens with zero attached hydrogens (tertiary/aromatic N) is 2. The van der Waals surface area contributed by atoms with E-state index in [-0.39, 0.29) is 19.0 Å². The summed E-state index contributed by atoms with van der Waals surface area (Å²) in [7, 11) is 3.60. The van der Waals surface area contributed by atoms with Gasteiger partial charge in [-0.25, -0.2) is 0 Å². The standard InChI is InChI=1S/C10H18N2O3/c1-11(2)6-9(13)12(7-10(14)15)5-8-3-4-8/h8H,3-7H2,1-2H3,(H,14,15). The lowest BCUT2D eigenvalue weighted by molar-refractivity contribution is -0.144. The molecular weight excluding hydrogens is 196 g/mol. The molecule has 0 aromatic carbocycles. The third-order valence-corrected chi connectivity index (χ3v) is 2.31. The molecule has 0 aromatic rings. The highest BCUT2D eigenvalue weighted by molar-refractivity contribution is 5.82. The van der Waals surface area contributed by atoms with Gasteiger partial charge in [-0.15, -0.1) is 0 Å². The molecular formula is C10H18N2O3. The van der Waals surface area contributed by atoms with Crippen LogP contribution in [0.25, 0.3) is 0 Å². The Labute approximate surface area is 89.7 Å². The second-order valence-electron chi connectivity index (χ2n) is 4.35. The number of hydrogen-bond donors (Lipinski definition) is 1. The fourth-order valence-electron chi connectivity index (χ4n) is 1.40. The van der Waals surface area contributed by atoms with E-state index in [1.165, 1.54) is 4.90 Å². The van der Waals surface area contributed by atoms with Crippen LogP contribution in [0.15, 0.2) is 0 Å². The maximum absolute atomic E-state index is 11.7. The summed E-state index contributed by atoms with van der Waals surface area (Å²) in [6.45, 7) is 0.697. The van der Waals surface area contributed by atoms with E-state index in [2.05, 4.69) is 0 Å². The van der Waals surface area contributed by atoms with Gasteiger partial charge in [0, 0.05) is 6.54 Å². The molecule has 1 aliphatic rings. The van der Waals surface area contributed by atoms with Crippen molar-refractivity contribution in [2.45, 2.75) is 12.8 Å². The molecule has 0 aliphatic heterocycles. The summed E-state index contributed by atoms with van der Waals surface area (Å²) in [6, 6.07) is 0. The summed E-state index contributed by atoms with van der Waals surface area (Å²) < 4.78 is 0. The van der Waals surface area contributed by atoms with E-state index in [1.807, 2.05) is 0 Å². The Morgan fingerprint density at radius 1 is 1.27 bits per heavy atom. The molecule has 1 saturated carbocycles. The van der Waals surface area contributed by atoms with Crippen LogP contribution >= 0.6 is 0 Å². The topological polar surface area (TPSA) is 60.9 Å². The summed E-state index contributed by atoms with van der Waals surface area (Å²) in [6.07, 6.45) is 2.23. The number of carboxylic acids is 1. The molecule has 1 fully saturated rings. The SMILES string of the molecule is CN(C)CC(=O)N(CC(=O)O)CC1CC1. The minimum atomic E-state index is -0.942. The highest BCUT2D eigenvalue weighted by atomic mass is 16.4. The molecule has 5 heteroatoms. The Bertz CT molecular complexity index is 249. The highest BCUT2D eigenvalue weighted by Gasteiger charge is 2.27. The van der Waals surface area contributed by atoms with Gasteiger partial charge in [0.2, 0.25) is 5.91 Å². The molecule has 1 aliphatic carbocycles. The van der Waals surface area contributed by atoms with E-state index >= 15 is 0 Å². The van der Waals surface area contributed by atoms with E-state index in [1.54, 1.807) is 19.0 Å². The van der Waals surface area contributed by atoms with Crippen LogP contribution in [0.1, 0.15) is 12.8 Å². The second kappa shape index (κ2) is 5.11. The molecule has 0 radical (unpaired) electrons. The zero-order chi connectivity index (χ0) is 11.4. The largest absolute Gasteiger partial charge is 0.480 e. The fraction of sp³-hybridized carbons (Fsp3) is 0.800. The lowest BCUT2D eigenvalue weighted by Gasteiger charge is -2.22. The van der Waals surface area contributed by atoms with Crippen molar-refractivity contribution < 1.29 is 14.7 Å². The van der Waals surface area contributed by atoms with Gasteiger partial charge in [-0.1, -0.05) is 0 Å². The van der Waals surface area contributed by atoms with Crippen LogP contribution in [-0.4, -0.2) is 60.5 Å². The maximum Gasteiger partial charge on any atom is 0.323 e. The van der Waals surface area contributed by atoms with Crippen LogP contribution in [0.5, 0.6) is 0 Å². The maximum atomic E-state index is 11.7. The van der Waals surface area contributed by atoms with Crippen molar-refractivity contribution in [3.63, 3.8) is 0 Å². The number of carbonyl (C=O) groups is 2. The zero-order valence-corrected chi connectivity index (χ0v) is 9.27.